The molecule has 8 heteroatoms. The topological polar surface area (TPSA) is 97.1 Å². The van der Waals surface area contributed by atoms with Gasteiger partial charge in [0.2, 0.25) is 15.9 Å². The smallest absolute Gasteiger partial charge is 0.242 e. The summed E-state index contributed by atoms with van der Waals surface area (Å²) in [5.74, 6) is 0.501. The van der Waals surface area contributed by atoms with Gasteiger partial charge in [-0.3, -0.25) is 0 Å². The number of nitrogens with one attached hydrogen (secondary N) is 2. The third kappa shape index (κ3) is 3.30. The van der Waals surface area contributed by atoms with E-state index in [-0.39, 0.29) is 4.90 Å². The van der Waals surface area contributed by atoms with E-state index in [1.54, 1.807) is 24.3 Å². The van der Waals surface area contributed by atoms with E-state index in [1.807, 2.05) is 0 Å². The number of benzene rings is 1. The van der Waals surface area contributed by atoms with Crippen molar-refractivity contribution in [2.75, 3.05) is 18.9 Å². The number of anilines is 1. The first-order chi connectivity index (χ1) is 9.13. The number of hydrogen-bond donors (Lipinski definition) is 2. The minimum atomic E-state index is -3.48. The van der Waals surface area contributed by atoms with E-state index in [0.29, 0.717) is 24.5 Å². The summed E-state index contributed by atoms with van der Waals surface area (Å²) in [6, 6.07) is 6.69. The van der Waals surface area contributed by atoms with Crippen molar-refractivity contribution >= 4 is 15.7 Å². The van der Waals surface area contributed by atoms with Crippen molar-refractivity contribution in [1.29, 1.82) is 0 Å². The number of nitrogens with zero attached hydrogens (tertiary/aromatic N) is 2. The van der Waals surface area contributed by atoms with Crippen LogP contribution < -0.4 is 10.0 Å². The maximum Gasteiger partial charge on any atom is 0.242 e. The van der Waals surface area contributed by atoms with Gasteiger partial charge < -0.3 is 9.84 Å². The van der Waals surface area contributed by atoms with Crippen molar-refractivity contribution in [2.45, 2.75) is 11.3 Å². The lowest BCUT2D eigenvalue weighted by Crippen LogP contribution is -2.20. The molecule has 2 aromatic rings. The molecule has 0 unspecified atom stereocenters. The number of hydrogen-bond acceptors (Lipinski definition) is 6. The lowest BCUT2D eigenvalue weighted by atomic mass is 10.3. The van der Waals surface area contributed by atoms with Crippen molar-refractivity contribution in [3.8, 4) is 0 Å². The van der Waals surface area contributed by atoms with Gasteiger partial charge in [-0.05, 0) is 19.2 Å². The minimum Gasteiger partial charge on any atom is -0.383 e. The van der Waals surface area contributed by atoms with Crippen LogP contribution in [0.4, 0.5) is 5.69 Å². The summed E-state index contributed by atoms with van der Waals surface area (Å²) in [6.07, 6.45) is 1.85. The molecule has 7 nitrogen and oxygen atoms in total. The highest BCUT2D eigenvalue weighted by atomic mass is 32.2. The van der Waals surface area contributed by atoms with E-state index in [0.717, 1.165) is 0 Å². The Balaban J connectivity index is 2.08. The summed E-state index contributed by atoms with van der Waals surface area (Å²) in [5.41, 5.74) is 0.538. The Morgan fingerprint density at radius 2 is 2.11 bits per heavy atom. The number of sulfonamides is 1. The minimum absolute atomic E-state index is 0.211. The number of para-hydroxylation sites is 1. The Labute approximate surface area is 111 Å². The molecule has 0 aliphatic rings. The zero-order valence-corrected chi connectivity index (χ0v) is 11.1. The fourth-order valence-corrected chi connectivity index (χ4v) is 2.47. The molecule has 0 saturated carbocycles. The van der Waals surface area contributed by atoms with Crippen molar-refractivity contribution in [1.82, 2.24) is 14.9 Å². The van der Waals surface area contributed by atoms with Gasteiger partial charge in [0.25, 0.3) is 0 Å². The van der Waals surface area contributed by atoms with E-state index in [1.165, 1.54) is 13.4 Å². The molecule has 2 rings (SSSR count). The predicted molar refractivity (Wildman–Crippen MR) is 69.2 cm³/mol. The van der Waals surface area contributed by atoms with E-state index in [2.05, 4.69) is 20.2 Å². The van der Waals surface area contributed by atoms with Gasteiger partial charge in [0.1, 0.15) is 4.90 Å². The maximum atomic E-state index is 11.8. The Hall–Kier alpha value is -1.93. The van der Waals surface area contributed by atoms with Crippen LogP contribution in [-0.4, -0.2) is 32.2 Å². The molecule has 0 atom stereocenters. The zero-order valence-electron chi connectivity index (χ0n) is 10.3. The van der Waals surface area contributed by atoms with Gasteiger partial charge in [-0.25, -0.2) is 13.1 Å². The maximum absolute atomic E-state index is 11.8. The van der Waals surface area contributed by atoms with Gasteiger partial charge in [-0.2, -0.15) is 4.98 Å². The van der Waals surface area contributed by atoms with Crippen LogP contribution in [0.1, 0.15) is 5.89 Å². The van der Waals surface area contributed by atoms with Crippen LogP contribution in [0.3, 0.4) is 0 Å². The van der Waals surface area contributed by atoms with E-state index in [9.17, 15) is 8.42 Å². The van der Waals surface area contributed by atoms with Gasteiger partial charge in [-0.15, -0.1) is 0 Å². The van der Waals surface area contributed by atoms with Crippen molar-refractivity contribution < 1.29 is 12.9 Å². The van der Waals surface area contributed by atoms with Crippen LogP contribution in [0.25, 0.3) is 0 Å². The van der Waals surface area contributed by atoms with Gasteiger partial charge in [0.15, 0.2) is 6.33 Å². The second kappa shape index (κ2) is 5.81. The fourth-order valence-electron chi connectivity index (χ4n) is 1.57. The lowest BCUT2D eigenvalue weighted by molar-refractivity contribution is 0.380. The second-order valence-corrected chi connectivity index (χ2v) is 5.57. The van der Waals surface area contributed by atoms with E-state index >= 15 is 0 Å². The summed E-state index contributed by atoms with van der Waals surface area (Å²) in [6.45, 7) is 0.498. The largest absolute Gasteiger partial charge is 0.383 e. The fraction of sp³-hybridized carbons (Fsp3) is 0.273. The Bertz CT molecular complexity index is 625. The first-order valence-corrected chi connectivity index (χ1v) is 7.14. The molecule has 0 bridgehead atoms. The van der Waals surface area contributed by atoms with Crippen molar-refractivity contribution in [3.05, 3.63) is 36.5 Å². The summed E-state index contributed by atoms with van der Waals surface area (Å²) in [7, 11) is -2.10. The van der Waals surface area contributed by atoms with Crippen LogP contribution in [-0.2, 0) is 16.4 Å². The van der Waals surface area contributed by atoms with Gasteiger partial charge in [0.05, 0.1) is 5.69 Å². The molecule has 0 fully saturated rings. The van der Waals surface area contributed by atoms with Crippen LogP contribution in [0, 0.1) is 0 Å². The van der Waals surface area contributed by atoms with Crippen molar-refractivity contribution in [3.63, 3.8) is 0 Å². The Morgan fingerprint density at radius 3 is 2.79 bits per heavy atom. The first-order valence-electron chi connectivity index (χ1n) is 5.65. The molecule has 0 aliphatic heterocycles. The molecule has 0 saturated heterocycles. The zero-order chi connectivity index (χ0) is 13.7. The van der Waals surface area contributed by atoms with Gasteiger partial charge >= 0.3 is 0 Å². The first kappa shape index (κ1) is 13.5. The Morgan fingerprint density at radius 1 is 1.32 bits per heavy atom. The van der Waals surface area contributed by atoms with Crippen LogP contribution in [0.2, 0.25) is 0 Å². The average Bonchev–Trinajstić information content (AvgIpc) is 2.92. The summed E-state index contributed by atoms with van der Waals surface area (Å²) in [4.78, 5) is 4.10. The van der Waals surface area contributed by atoms with Crippen molar-refractivity contribution in [2.24, 2.45) is 0 Å². The highest BCUT2D eigenvalue weighted by molar-refractivity contribution is 7.89. The predicted octanol–water partition coefficient (Wildman–Crippen LogP) is 0.632. The summed E-state index contributed by atoms with van der Waals surface area (Å²) in [5, 5.41) is 6.54. The quantitative estimate of drug-likeness (QED) is 0.806. The molecular weight excluding hydrogens is 268 g/mol. The summed E-state index contributed by atoms with van der Waals surface area (Å²) >= 11 is 0. The normalized spacial score (nSPS) is 11.4. The van der Waals surface area contributed by atoms with E-state index in [4.69, 9.17) is 4.52 Å². The Kier molecular flexibility index (Phi) is 4.13. The monoisotopic (exact) mass is 282 g/mol. The van der Waals surface area contributed by atoms with Gasteiger partial charge in [-0.1, -0.05) is 17.3 Å². The molecule has 19 heavy (non-hydrogen) atoms. The van der Waals surface area contributed by atoms with Crippen LogP contribution in [0.15, 0.2) is 40.0 Å². The third-order valence-corrected chi connectivity index (χ3v) is 3.98. The van der Waals surface area contributed by atoms with Crippen LogP contribution in [0.5, 0.6) is 0 Å². The second-order valence-electron chi connectivity index (χ2n) is 3.72. The number of aromatic nitrogens is 2. The SMILES string of the molecule is CNS(=O)(=O)c1ccccc1NCCc1ncno1. The molecule has 1 aromatic carbocycles. The molecule has 0 aliphatic carbocycles. The average molecular weight is 282 g/mol. The van der Waals surface area contributed by atoms with Crippen LogP contribution >= 0.6 is 0 Å². The summed E-state index contributed by atoms with van der Waals surface area (Å²) < 4.78 is 30.8. The van der Waals surface area contributed by atoms with Gasteiger partial charge in [0, 0.05) is 13.0 Å². The highest BCUT2D eigenvalue weighted by Gasteiger charge is 2.15. The highest BCUT2D eigenvalue weighted by Crippen LogP contribution is 2.20. The molecule has 102 valence electrons. The molecule has 0 radical (unpaired) electrons. The molecular formula is C11H14N4O3S. The molecule has 2 N–H and O–H groups in total. The number of rotatable bonds is 6. The molecule has 0 amide bonds. The molecule has 1 aromatic heterocycles. The van der Waals surface area contributed by atoms with E-state index < -0.39 is 10.0 Å². The third-order valence-electron chi connectivity index (χ3n) is 2.51. The lowest BCUT2D eigenvalue weighted by Gasteiger charge is -2.10. The molecule has 1 heterocycles. The molecule has 0 spiro atoms. The standard InChI is InChI=1S/C11H14N4O3S/c1-12-19(16,17)10-5-3-2-4-9(10)13-7-6-11-14-8-15-18-11/h2-5,8,12-13H,6-7H2,1H3.